The van der Waals surface area contributed by atoms with Gasteiger partial charge in [0.1, 0.15) is 23.1 Å². The van der Waals surface area contributed by atoms with E-state index in [9.17, 15) is 8.78 Å². The van der Waals surface area contributed by atoms with Gasteiger partial charge in [-0.25, -0.2) is 8.78 Å². The average Bonchev–Trinajstić information content (AvgIpc) is 2.17. The van der Waals surface area contributed by atoms with Gasteiger partial charge in [0.2, 0.25) is 0 Å². The third kappa shape index (κ3) is 2.53. The van der Waals surface area contributed by atoms with Crippen LogP contribution >= 0.6 is 0 Å². The lowest BCUT2D eigenvalue weighted by Crippen LogP contribution is -1.86. The summed E-state index contributed by atoms with van der Waals surface area (Å²) in [5.74, 6) is -0.608. The number of para-hydroxylation sites is 1. The predicted molar refractivity (Wildman–Crippen MR) is 52.9 cm³/mol. The van der Waals surface area contributed by atoms with Crippen LogP contribution in [-0.2, 0) is 0 Å². The lowest BCUT2D eigenvalue weighted by atomic mass is 10.3. The topological polar surface area (TPSA) is 9.23 Å². The van der Waals surface area contributed by atoms with E-state index in [4.69, 9.17) is 4.74 Å². The SMILES string of the molecule is Fc1cc(F)cc(Oc2ccccc2)c1. The van der Waals surface area contributed by atoms with Crippen LogP contribution in [0.15, 0.2) is 48.5 Å². The lowest BCUT2D eigenvalue weighted by Gasteiger charge is -2.05. The van der Waals surface area contributed by atoms with E-state index in [1.165, 1.54) is 0 Å². The van der Waals surface area contributed by atoms with Gasteiger partial charge in [0.05, 0.1) is 0 Å². The Labute approximate surface area is 85.9 Å². The zero-order chi connectivity index (χ0) is 10.7. The molecule has 0 unspecified atom stereocenters. The second-order valence-electron chi connectivity index (χ2n) is 3.02. The first-order valence-electron chi connectivity index (χ1n) is 4.43. The number of ether oxygens (including phenoxy) is 1. The highest BCUT2D eigenvalue weighted by atomic mass is 19.1. The van der Waals surface area contributed by atoms with Crippen molar-refractivity contribution in [2.75, 3.05) is 0 Å². The summed E-state index contributed by atoms with van der Waals surface area (Å²) in [7, 11) is 0. The molecule has 76 valence electrons. The molecule has 0 heterocycles. The standard InChI is InChI=1S/C12H8F2O/c13-9-6-10(14)8-12(7-9)15-11-4-2-1-3-5-11/h1-8H. The van der Waals surface area contributed by atoms with Gasteiger partial charge in [0.25, 0.3) is 0 Å². The van der Waals surface area contributed by atoms with E-state index in [1.54, 1.807) is 24.3 Å². The van der Waals surface area contributed by atoms with Gasteiger partial charge >= 0.3 is 0 Å². The molecule has 2 aromatic carbocycles. The Morgan fingerprint density at radius 2 is 1.33 bits per heavy atom. The second-order valence-corrected chi connectivity index (χ2v) is 3.02. The summed E-state index contributed by atoms with van der Waals surface area (Å²) in [6.45, 7) is 0. The summed E-state index contributed by atoms with van der Waals surface area (Å²) in [6.07, 6.45) is 0. The van der Waals surface area contributed by atoms with Gasteiger partial charge in [0.15, 0.2) is 0 Å². The fourth-order valence-electron chi connectivity index (χ4n) is 1.21. The zero-order valence-electron chi connectivity index (χ0n) is 7.78. The summed E-state index contributed by atoms with van der Waals surface area (Å²) in [5, 5.41) is 0. The maximum Gasteiger partial charge on any atom is 0.133 e. The predicted octanol–water partition coefficient (Wildman–Crippen LogP) is 3.76. The van der Waals surface area contributed by atoms with Crippen molar-refractivity contribution < 1.29 is 13.5 Å². The molecular formula is C12H8F2O. The van der Waals surface area contributed by atoms with Gasteiger partial charge in [-0.1, -0.05) is 18.2 Å². The fraction of sp³-hybridized carbons (Fsp3) is 0. The molecule has 0 N–H and O–H groups in total. The van der Waals surface area contributed by atoms with E-state index in [1.807, 2.05) is 6.07 Å². The van der Waals surface area contributed by atoms with E-state index < -0.39 is 11.6 Å². The van der Waals surface area contributed by atoms with Crippen molar-refractivity contribution >= 4 is 0 Å². The molecule has 0 spiro atoms. The molecule has 15 heavy (non-hydrogen) atoms. The minimum atomic E-state index is -0.652. The van der Waals surface area contributed by atoms with Gasteiger partial charge < -0.3 is 4.74 Å². The van der Waals surface area contributed by atoms with Crippen molar-refractivity contribution in [1.29, 1.82) is 0 Å². The molecule has 0 aliphatic carbocycles. The number of hydrogen-bond donors (Lipinski definition) is 0. The highest BCUT2D eigenvalue weighted by Crippen LogP contribution is 2.22. The Morgan fingerprint density at radius 3 is 1.93 bits per heavy atom. The summed E-state index contributed by atoms with van der Waals surface area (Å²) in [4.78, 5) is 0. The van der Waals surface area contributed by atoms with Gasteiger partial charge in [-0.2, -0.15) is 0 Å². The van der Waals surface area contributed by atoms with Crippen molar-refractivity contribution in [2.24, 2.45) is 0 Å². The number of halogens is 2. The largest absolute Gasteiger partial charge is 0.457 e. The van der Waals surface area contributed by atoms with E-state index in [-0.39, 0.29) is 5.75 Å². The minimum absolute atomic E-state index is 0.152. The molecule has 2 aromatic rings. The summed E-state index contributed by atoms with van der Waals surface area (Å²) < 4.78 is 30.9. The molecule has 0 saturated carbocycles. The third-order valence-corrected chi connectivity index (χ3v) is 1.81. The molecule has 0 saturated heterocycles. The van der Waals surface area contributed by atoms with E-state index in [2.05, 4.69) is 0 Å². The molecule has 0 fully saturated rings. The van der Waals surface area contributed by atoms with Crippen molar-refractivity contribution in [3.05, 3.63) is 60.2 Å². The maximum absolute atomic E-state index is 12.8. The molecule has 0 aromatic heterocycles. The minimum Gasteiger partial charge on any atom is -0.457 e. The number of rotatable bonds is 2. The van der Waals surface area contributed by atoms with Crippen molar-refractivity contribution in [3.8, 4) is 11.5 Å². The first kappa shape index (κ1) is 9.65. The van der Waals surface area contributed by atoms with Crippen LogP contribution in [0.25, 0.3) is 0 Å². The van der Waals surface area contributed by atoms with Crippen LogP contribution in [0.1, 0.15) is 0 Å². The van der Waals surface area contributed by atoms with Crippen LogP contribution in [0.3, 0.4) is 0 Å². The molecule has 0 atom stereocenters. The Hall–Kier alpha value is -1.90. The number of benzene rings is 2. The van der Waals surface area contributed by atoms with Gasteiger partial charge in [-0.05, 0) is 12.1 Å². The molecular weight excluding hydrogens is 198 g/mol. The van der Waals surface area contributed by atoms with Crippen LogP contribution in [0, 0.1) is 11.6 Å². The smallest absolute Gasteiger partial charge is 0.133 e. The number of hydrogen-bond acceptors (Lipinski definition) is 1. The van der Waals surface area contributed by atoms with E-state index in [0.717, 1.165) is 18.2 Å². The summed E-state index contributed by atoms with van der Waals surface area (Å²) in [5.41, 5.74) is 0. The molecule has 0 amide bonds. The van der Waals surface area contributed by atoms with Crippen molar-refractivity contribution in [3.63, 3.8) is 0 Å². The Kier molecular flexibility index (Phi) is 2.63. The Morgan fingerprint density at radius 1 is 0.733 bits per heavy atom. The first-order chi connectivity index (χ1) is 7.24. The summed E-state index contributed by atoms with van der Waals surface area (Å²) in [6, 6.07) is 11.9. The van der Waals surface area contributed by atoms with E-state index >= 15 is 0 Å². The zero-order valence-corrected chi connectivity index (χ0v) is 7.78. The molecule has 3 heteroatoms. The lowest BCUT2D eigenvalue weighted by molar-refractivity contribution is 0.468. The molecule has 2 rings (SSSR count). The molecule has 0 aliphatic rings. The molecule has 0 radical (unpaired) electrons. The van der Waals surface area contributed by atoms with Crippen molar-refractivity contribution in [2.45, 2.75) is 0 Å². The van der Waals surface area contributed by atoms with Crippen molar-refractivity contribution in [1.82, 2.24) is 0 Å². The highest BCUT2D eigenvalue weighted by molar-refractivity contribution is 5.31. The van der Waals surface area contributed by atoms with Gasteiger partial charge in [-0.3, -0.25) is 0 Å². The monoisotopic (exact) mass is 206 g/mol. The van der Waals surface area contributed by atoms with E-state index in [0.29, 0.717) is 5.75 Å². The second kappa shape index (κ2) is 4.09. The van der Waals surface area contributed by atoms with Crippen LogP contribution in [0.2, 0.25) is 0 Å². The Balaban J connectivity index is 2.25. The fourth-order valence-corrected chi connectivity index (χ4v) is 1.21. The van der Waals surface area contributed by atoms with Gasteiger partial charge in [-0.15, -0.1) is 0 Å². The van der Waals surface area contributed by atoms with Crippen LogP contribution in [-0.4, -0.2) is 0 Å². The Bertz CT molecular complexity index is 434. The van der Waals surface area contributed by atoms with Crippen LogP contribution < -0.4 is 4.74 Å². The first-order valence-corrected chi connectivity index (χ1v) is 4.43. The molecule has 0 bridgehead atoms. The maximum atomic E-state index is 12.8. The van der Waals surface area contributed by atoms with Crippen LogP contribution in [0.5, 0.6) is 11.5 Å². The normalized spacial score (nSPS) is 10.0. The molecule has 1 nitrogen and oxygen atoms in total. The summed E-state index contributed by atoms with van der Waals surface area (Å²) >= 11 is 0. The molecule has 0 aliphatic heterocycles. The van der Waals surface area contributed by atoms with Gasteiger partial charge in [0, 0.05) is 18.2 Å². The quantitative estimate of drug-likeness (QED) is 0.726. The van der Waals surface area contributed by atoms with Crippen LogP contribution in [0.4, 0.5) is 8.78 Å². The third-order valence-electron chi connectivity index (χ3n) is 1.81. The average molecular weight is 206 g/mol. The highest BCUT2D eigenvalue weighted by Gasteiger charge is 2.02.